The lowest BCUT2D eigenvalue weighted by Gasteiger charge is -2.18. The summed E-state index contributed by atoms with van der Waals surface area (Å²) in [5.41, 5.74) is 3.12. The summed E-state index contributed by atoms with van der Waals surface area (Å²) >= 11 is 6.33. The summed E-state index contributed by atoms with van der Waals surface area (Å²) in [6.45, 7) is 3.35. The average molecular weight is 514 g/mol. The molecular weight excluding hydrogens is 486 g/mol. The summed E-state index contributed by atoms with van der Waals surface area (Å²) in [5.74, 6) is -0.568. The van der Waals surface area contributed by atoms with E-state index in [1.807, 2.05) is 32.0 Å². The van der Waals surface area contributed by atoms with Gasteiger partial charge in [0.25, 0.3) is 0 Å². The normalized spacial score (nSPS) is 15.8. The second kappa shape index (κ2) is 11.0. The minimum Gasteiger partial charge on any atom is -0.492 e. The molecular formula is C25H28ClN5O5. The number of imide groups is 1. The van der Waals surface area contributed by atoms with Crippen LogP contribution in [0, 0.1) is 6.92 Å². The quantitative estimate of drug-likeness (QED) is 0.393. The highest BCUT2D eigenvalue weighted by molar-refractivity contribution is 6.32. The number of nitrogens with one attached hydrogen (secondary N) is 3. The van der Waals surface area contributed by atoms with Gasteiger partial charge in [-0.3, -0.25) is 14.9 Å². The number of rotatable bonds is 8. The molecule has 36 heavy (non-hydrogen) atoms. The van der Waals surface area contributed by atoms with Crippen molar-refractivity contribution < 1.29 is 23.6 Å². The number of fused-ring (bicyclic) bond motifs is 1. The van der Waals surface area contributed by atoms with E-state index in [0.29, 0.717) is 46.2 Å². The molecule has 10 nitrogen and oxygen atoms in total. The molecule has 190 valence electrons. The summed E-state index contributed by atoms with van der Waals surface area (Å²) < 4.78 is 11.3. The maximum atomic E-state index is 12.5. The van der Waals surface area contributed by atoms with Gasteiger partial charge in [-0.2, -0.15) is 0 Å². The molecule has 3 N–H and O–H groups in total. The molecule has 1 unspecified atom stereocenters. The van der Waals surface area contributed by atoms with E-state index in [1.54, 1.807) is 24.3 Å². The Morgan fingerprint density at radius 2 is 2.08 bits per heavy atom. The number of anilines is 1. The van der Waals surface area contributed by atoms with E-state index in [2.05, 4.69) is 21.1 Å². The Morgan fingerprint density at radius 1 is 1.28 bits per heavy atom. The number of carbonyl (C=O) groups excluding carboxylic acids is 3. The molecule has 1 aliphatic heterocycles. The summed E-state index contributed by atoms with van der Waals surface area (Å²) in [4.78, 5) is 38.1. The van der Waals surface area contributed by atoms with E-state index in [-0.39, 0.29) is 24.8 Å². The van der Waals surface area contributed by atoms with Gasteiger partial charge in [0.05, 0.1) is 5.92 Å². The summed E-state index contributed by atoms with van der Waals surface area (Å²) in [7, 11) is 3.92. The van der Waals surface area contributed by atoms with Gasteiger partial charge < -0.3 is 24.8 Å². The first-order valence-corrected chi connectivity index (χ1v) is 11.9. The molecule has 1 saturated heterocycles. The molecule has 0 spiro atoms. The number of likely N-dealkylation sites (N-methyl/N-ethyl adjacent to an activating group) is 1. The largest absolute Gasteiger partial charge is 0.492 e. The third-order valence-electron chi connectivity index (χ3n) is 5.94. The molecule has 1 aromatic heterocycles. The zero-order chi connectivity index (χ0) is 25.8. The number of benzene rings is 2. The first kappa shape index (κ1) is 25.5. The van der Waals surface area contributed by atoms with Crippen molar-refractivity contribution in [2.24, 2.45) is 0 Å². The van der Waals surface area contributed by atoms with E-state index in [4.69, 9.17) is 20.9 Å². The van der Waals surface area contributed by atoms with E-state index >= 15 is 0 Å². The number of aromatic nitrogens is 1. The van der Waals surface area contributed by atoms with Crippen molar-refractivity contribution in [2.45, 2.75) is 32.2 Å². The lowest BCUT2D eigenvalue weighted by Crippen LogP contribution is -2.39. The van der Waals surface area contributed by atoms with Gasteiger partial charge in [-0.05, 0) is 51.2 Å². The molecule has 1 atom stereocenters. The standard InChI is InChI=1S/C25H28ClN5O5/c1-14-19(26)11-16(12-20(14)35-9-8-31(2)3)28-25(34)27-13-15-4-5-17-21(10-15)36-30-23(17)18-6-7-22(32)29-24(18)33/h4-5,10-12,18H,6-9,13H2,1-3H3,(H2,27,28,34)(H,29,32,33). The molecule has 1 aliphatic rings. The average Bonchev–Trinajstić information content (AvgIpc) is 3.23. The maximum Gasteiger partial charge on any atom is 0.319 e. The molecule has 2 aromatic carbocycles. The van der Waals surface area contributed by atoms with Crippen molar-refractivity contribution in [3.8, 4) is 5.75 Å². The maximum absolute atomic E-state index is 12.5. The summed E-state index contributed by atoms with van der Waals surface area (Å²) in [5, 5.41) is 13.2. The van der Waals surface area contributed by atoms with Crippen LogP contribution < -0.4 is 20.7 Å². The van der Waals surface area contributed by atoms with Crippen LogP contribution in [0.1, 0.15) is 35.6 Å². The predicted molar refractivity (Wildman–Crippen MR) is 135 cm³/mol. The van der Waals surface area contributed by atoms with Crippen LogP contribution in [-0.2, 0) is 16.1 Å². The second-order valence-corrected chi connectivity index (χ2v) is 9.35. The molecule has 0 aliphatic carbocycles. The topological polar surface area (TPSA) is 126 Å². The predicted octanol–water partition coefficient (Wildman–Crippen LogP) is 3.57. The minimum atomic E-state index is -0.531. The van der Waals surface area contributed by atoms with Crippen LogP contribution in [0.4, 0.5) is 10.5 Å². The molecule has 2 heterocycles. The molecule has 1 fully saturated rings. The van der Waals surface area contributed by atoms with Crippen LogP contribution in [0.25, 0.3) is 11.0 Å². The Balaban J connectivity index is 1.37. The number of hydrogen-bond acceptors (Lipinski definition) is 7. The number of nitrogens with zero attached hydrogens (tertiary/aromatic N) is 2. The number of hydrogen-bond donors (Lipinski definition) is 3. The van der Waals surface area contributed by atoms with Crippen molar-refractivity contribution in [3.63, 3.8) is 0 Å². The molecule has 4 rings (SSSR count). The van der Waals surface area contributed by atoms with E-state index < -0.39 is 11.9 Å². The highest BCUT2D eigenvalue weighted by atomic mass is 35.5. The van der Waals surface area contributed by atoms with Crippen LogP contribution in [0.2, 0.25) is 5.02 Å². The van der Waals surface area contributed by atoms with E-state index in [1.165, 1.54) is 0 Å². The molecule has 11 heteroatoms. The second-order valence-electron chi connectivity index (χ2n) is 8.94. The van der Waals surface area contributed by atoms with Crippen LogP contribution in [-0.4, -0.2) is 55.1 Å². The monoisotopic (exact) mass is 513 g/mol. The molecule has 0 saturated carbocycles. The molecule has 0 radical (unpaired) electrons. The fourth-order valence-corrected chi connectivity index (χ4v) is 4.10. The molecule has 0 bridgehead atoms. The Labute approximate surface area is 213 Å². The van der Waals surface area contributed by atoms with E-state index in [0.717, 1.165) is 17.7 Å². The fraction of sp³-hybridized carbons (Fsp3) is 0.360. The minimum absolute atomic E-state index is 0.238. The van der Waals surface area contributed by atoms with Gasteiger partial charge in [0, 0.05) is 47.2 Å². The smallest absolute Gasteiger partial charge is 0.319 e. The summed E-state index contributed by atoms with van der Waals surface area (Å²) in [6.07, 6.45) is 0.652. The van der Waals surface area contributed by atoms with Gasteiger partial charge in [-0.15, -0.1) is 0 Å². The lowest BCUT2D eigenvalue weighted by molar-refractivity contribution is -0.134. The van der Waals surface area contributed by atoms with E-state index in [9.17, 15) is 14.4 Å². The first-order valence-electron chi connectivity index (χ1n) is 11.6. The van der Waals surface area contributed by atoms with Crippen LogP contribution in [0.15, 0.2) is 34.9 Å². The van der Waals surface area contributed by atoms with Crippen LogP contribution in [0.5, 0.6) is 5.75 Å². The Hall–Kier alpha value is -3.63. The van der Waals surface area contributed by atoms with Crippen LogP contribution >= 0.6 is 11.6 Å². The van der Waals surface area contributed by atoms with Gasteiger partial charge in [0.1, 0.15) is 18.1 Å². The molecule has 3 aromatic rings. The highest BCUT2D eigenvalue weighted by Crippen LogP contribution is 2.32. The van der Waals surface area contributed by atoms with Crippen molar-refractivity contribution in [3.05, 3.63) is 52.2 Å². The third-order valence-corrected chi connectivity index (χ3v) is 6.33. The number of halogens is 1. The molecule has 4 amide bonds. The number of amides is 4. The third kappa shape index (κ3) is 5.95. The van der Waals surface area contributed by atoms with Crippen molar-refractivity contribution in [1.82, 2.24) is 20.7 Å². The number of ether oxygens (including phenoxy) is 1. The summed E-state index contributed by atoms with van der Waals surface area (Å²) in [6, 6.07) is 8.40. The van der Waals surface area contributed by atoms with Crippen molar-refractivity contribution >= 4 is 46.1 Å². The van der Waals surface area contributed by atoms with Crippen LogP contribution in [0.3, 0.4) is 0 Å². The highest BCUT2D eigenvalue weighted by Gasteiger charge is 2.31. The Kier molecular flexibility index (Phi) is 7.76. The van der Waals surface area contributed by atoms with Crippen molar-refractivity contribution in [1.29, 1.82) is 0 Å². The van der Waals surface area contributed by atoms with Gasteiger partial charge in [0.2, 0.25) is 11.8 Å². The SMILES string of the molecule is Cc1c(Cl)cc(NC(=O)NCc2ccc3c(C4CCC(=O)NC4=O)noc3c2)cc1OCCN(C)C. The van der Waals surface area contributed by atoms with Gasteiger partial charge in [0.15, 0.2) is 5.58 Å². The Morgan fingerprint density at radius 3 is 2.83 bits per heavy atom. The van der Waals surface area contributed by atoms with Crippen molar-refractivity contribution in [2.75, 3.05) is 32.6 Å². The van der Waals surface area contributed by atoms with Gasteiger partial charge in [-0.25, -0.2) is 4.79 Å². The van der Waals surface area contributed by atoms with Gasteiger partial charge >= 0.3 is 6.03 Å². The fourth-order valence-electron chi connectivity index (χ4n) is 3.89. The zero-order valence-corrected chi connectivity index (χ0v) is 21.1. The van der Waals surface area contributed by atoms with Gasteiger partial charge in [-0.1, -0.05) is 22.8 Å². The first-order chi connectivity index (χ1) is 17.2. The number of carbonyl (C=O) groups is 3. The number of piperidine rings is 1. The lowest BCUT2D eigenvalue weighted by atomic mass is 9.92. The number of urea groups is 1. The Bertz CT molecular complexity index is 1310. The zero-order valence-electron chi connectivity index (χ0n) is 20.3.